The first-order valence-corrected chi connectivity index (χ1v) is 7.73. The number of hydrogen-bond acceptors (Lipinski definition) is 3. The van der Waals surface area contributed by atoms with Crippen molar-refractivity contribution in [3.8, 4) is 0 Å². The smallest absolute Gasteiger partial charge is 0.206 e. The minimum Gasteiger partial charge on any atom is -0.369 e. The van der Waals surface area contributed by atoms with Gasteiger partial charge in [0.1, 0.15) is 0 Å². The average Bonchev–Trinajstić information content (AvgIpc) is 2.52. The molecule has 0 radical (unpaired) electrons. The molecule has 1 aliphatic rings. The normalized spacial score (nSPS) is 17.8. The minimum atomic E-state index is -0.155. The molecule has 1 atom stereocenters. The van der Waals surface area contributed by atoms with E-state index in [1.807, 2.05) is 13.0 Å². The van der Waals surface area contributed by atoms with Gasteiger partial charge in [0.25, 0.3) is 0 Å². The molecular weight excluding hydrogens is 322 g/mol. The fraction of sp³-hybridized carbons (Fsp3) is 0.278. The molecule has 1 aromatic heterocycles. The second kappa shape index (κ2) is 7.45. The van der Waals surface area contributed by atoms with Crippen LogP contribution in [0.3, 0.4) is 0 Å². The zero-order valence-corrected chi connectivity index (χ0v) is 14.7. The summed E-state index contributed by atoms with van der Waals surface area (Å²) in [5.41, 5.74) is 14.6. The lowest BCUT2D eigenvalue weighted by Gasteiger charge is -2.27. The van der Waals surface area contributed by atoms with Crippen LogP contribution in [0.4, 0.5) is 0 Å². The Morgan fingerprint density at radius 2 is 1.96 bits per heavy atom. The van der Waals surface area contributed by atoms with Crippen molar-refractivity contribution in [2.24, 2.45) is 10.8 Å². The monoisotopic (exact) mass is 343 g/mol. The highest BCUT2D eigenvalue weighted by Crippen LogP contribution is 2.33. The van der Waals surface area contributed by atoms with Gasteiger partial charge in [0.15, 0.2) is 0 Å². The van der Waals surface area contributed by atoms with E-state index in [-0.39, 0.29) is 18.4 Å². The molecule has 1 unspecified atom stereocenters. The second-order valence-electron chi connectivity index (χ2n) is 5.99. The van der Waals surface area contributed by atoms with E-state index in [0.29, 0.717) is 5.92 Å². The van der Waals surface area contributed by atoms with Crippen LogP contribution in [-0.2, 0) is 6.42 Å². The van der Waals surface area contributed by atoms with Crippen LogP contribution >= 0.6 is 12.4 Å². The molecule has 2 aromatic rings. The first-order chi connectivity index (χ1) is 11.0. The topological polar surface area (TPSA) is 87.2 Å². The van der Waals surface area contributed by atoms with E-state index < -0.39 is 0 Å². The van der Waals surface area contributed by atoms with Crippen molar-refractivity contribution in [1.29, 1.82) is 5.41 Å². The Labute approximate surface area is 148 Å². The molecule has 24 heavy (non-hydrogen) atoms. The van der Waals surface area contributed by atoms with E-state index in [9.17, 15) is 0 Å². The SMILES string of the molecule is Cc1ccc2c(n1)CC(c1ccccc1C)C/C2=N/NC(=N)N.Cl. The van der Waals surface area contributed by atoms with Crippen molar-refractivity contribution < 1.29 is 0 Å². The fourth-order valence-electron chi connectivity index (χ4n) is 3.18. The number of aryl methyl sites for hydroxylation is 2. The first kappa shape index (κ1) is 17.9. The van der Waals surface area contributed by atoms with Gasteiger partial charge in [-0.25, -0.2) is 5.43 Å². The first-order valence-electron chi connectivity index (χ1n) is 7.73. The summed E-state index contributed by atoms with van der Waals surface area (Å²) in [5.74, 6) is 0.183. The molecule has 0 saturated heterocycles. The second-order valence-corrected chi connectivity index (χ2v) is 5.99. The van der Waals surface area contributed by atoms with E-state index in [2.05, 4.69) is 47.8 Å². The number of rotatable bonds is 2. The third-order valence-electron chi connectivity index (χ3n) is 4.24. The Balaban J connectivity index is 0.00000208. The molecule has 126 valence electrons. The Bertz CT molecular complexity index is 785. The van der Waals surface area contributed by atoms with Gasteiger partial charge in [-0.1, -0.05) is 24.3 Å². The molecule has 3 rings (SSSR count). The summed E-state index contributed by atoms with van der Waals surface area (Å²) in [7, 11) is 0. The molecule has 4 N–H and O–H groups in total. The number of fused-ring (bicyclic) bond motifs is 1. The van der Waals surface area contributed by atoms with E-state index in [1.54, 1.807) is 0 Å². The minimum absolute atomic E-state index is 0. The van der Waals surface area contributed by atoms with Gasteiger partial charge in [0.2, 0.25) is 5.96 Å². The molecular formula is C18H22ClN5. The van der Waals surface area contributed by atoms with Gasteiger partial charge < -0.3 is 5.73 Å². The van der Waals surface area contributed by atoms with E-state index in [0.717, 1.165) is 35.5 Å². The summed E-state index contributed by atoms with van der Waals surface area (Å²) < 4.78 is 0. The van der Waals surface area contributed by atoms with Gasteiger partial charge in [0, 0.05) is 11.3 Å². The van der Waals surface area contributed by atoms with Crippen LogP contribution in [0.25, 0.3) is 0 Å². The van der Waals surface area contributed by atoms with Crippen LogP contribution in [-0.4, -0.2) is 16.7 Å². The summed E-state index contributed by atoms with van der Waals surface area (Å²) in [5, 5.41) is 11.7. The van der Waals surface area contributed by atoms with Gasteiger partial charge in [-0.3, -0.25) is 10.4 Å². The maximum atomic E-state index is 7.32. The summed E-state index contributed by atoms with van der Waals surface area (Å²) in [4.78, 5) is 4.70. The zero-order valence-electron chi connectivity index (χ0n) is 13.8. The van der Waals surface area contributed by atoms with Crippen LogP contribution in [0.1, 0.15) is 40.4 Å². The van der Waals surface area contributed by atoms with Crippen LogP contribution in [0.15, 0.2) is 41.5 Å². The van der Waals surface area contributed by atoms with Crippen LogP contribution < -0.4 is 11.2 Å². The number of hydrazone groups is 1. The van der Waals surface area contributed by atoms with Crippen molar-refractivity contribution in [3.63, 3.8) is 0 Å². The quantitative estimate of drug-likeness (QED) is 0.445. The third kappa shape index (κ3) is 3.74. The highest BCUT2D eigenvalue weighted by atomic mass is 35.5. The van der Waals surface area contributed by atoms with Gasteiger partial charge in [-0.05, 0) is 55.9 Å². The largest absolute Gasteiger partial charge is 0.369 e. The van der Waals surface area contributed by atoms with E-state index in [4.69, 9.17) is 16.1 Å². The maximum absolute atomic E-state index is 7.32. The standard InChI is InChI=1S/C18H21N5.ClH/c1-11-5-3-4-6-14(11)13-9-16-15(8-7-12(2)21-16)17(10-13)22-23-18(19)20;/h3-8,13H,9-10H2,1-2H3,(H4,19,20,23);1H/b22-17-;. The predicted molar refractivity (Wildman–Crippen MR) is 100 cm³/mol. The van der Waals surface area contributed by atoms with Gasteiger partial charge in [-0.2, -0.15) is 5.10 Å². The Morgan fingerprint density at radius 1 is 1.21 bits per heavy atom. The third-order valence-corrected chi connectivity index (χ3v) is 4.24. The van der Waals surface area contributed by atoms with Crippen molar-refractivity contribution in [2.75, 3.05) is 0 Å². The highest BCUT2D eigenvalue weighted by molar-refractivity contribution is 6.03. The van der Waals surface area contributed by atoms with Crippen molar-refractivity contribution in [3.05, 3.63) is 64.5 Å². The van der Waals surface area contributed by atoms with E-state index in [1.165, 1.54) is 11.1 Å². The number of benzene rings is 1. The molecule has 0 aliphatic heterocycles. The van der Waals surface area contributed by atoms with Gasteiger partial charge in [0.05, 0.1) is 11.4 Å². The summed E-state index contributed by atoms with van der Waals surface area (Å²) in [6.07, 6.45) is 1.71. The van der Waals surface area contributed by atoms with Gasteiger partial charge >= 0.3 is 0 Å². The number of hydrogen-bond donors (Lipinski definition) is 3. The summed E-state index contributed by atoms with van der Waals surface area (Å²) in [6, 6.07) is 12.5. The predicted octanol–water partition coefficient (Wildman–Crippen LogP) is 3.04. The number of aromatic nitrogens is 1. The molecule has 0 saturated carbocycles. The van der Waals surface area contributed by atoms with Crippen LogP contribution in [0, 0.1) is 19.3 Å². The number of nitrogens with zero attached hydrogens (tertiary/aromatic N) is 2. The zero-order chi connectivity index (χ0) is 16.4. The molecule has 0 bridgehead atoms. The lowest BCUT2D eigenvalue weighted by atomic mass is 9.80. The van der Waals surface area contributed by atoms with Crippen molar-refractivity contribution >= 4 is 24.1 Å². The average molecular weight is 344 g/mol. The Morgan fingerprint density at radius 3 is 2.67 bits per heavy atom. The summed E-state index contributed by atoms with van der Waals surface area (Å²) in [6.45, 7) is 4.14. The van der Waals surface area contributed by atoms with Gasteiger partial charge in [-0.15, -0.1) is 12.4 Å². The molecule has 6 heteroatoms. The molecule has 0 fully saturated rings. The summed E-state index contributed by atoms with van der Waals surface area (Å²) >= 11 is 0. The Kier molecular flexibility index (Phi) is 5.57. The number of guanidine groups is 1. The molecule has 1 heterocycles. The lowest BCUT2D eigenvalue weighted by molar-refractivity contribution is 0.670. The number of pyridine rings is 1. The molecule has 5 nitrogen and oxygen atoms in total. The van der Waals surface area contributed by atoms with Crippen molar-refractivity contribution in [1.82, 2.24) is 10.4 Å². The van der Waals surface area contributed by atoms with Crippen LogP contribution in [0.5, 0.6) is 0 Å². The number of nitrogens with one attached hydrogen (secondary N) is 2. The Hall–Kier alpha value is -2.40. The lowest BCUT2D eigenvalue weighted by Crippen LogP contribution is -2.29. The number of nitrogens with two attached hydrogens (primary N) is 1. The maximum Gasteiger partial charge on any atom is 0.206 e. The molecule has 0 amide bonds. The molecule has 1 aromatic carbocycles. The van der Waals surface area contributed by atoms with Crippen molar-refractivity contribution in [2.45, 2.75) is 32.6 Å². The van der Waals surface area contributed by atoms with Crippen LogP contribution in [0.2, 0.25) is 0 Å². The van der Waals surface area contributed by atoms with E-state index >= 15 is 0 Å². The molecule has 1 aliphatic carbocycles. The highest BCUT2D eigenvalue weighted by Gasteiger charge is 2.27. The molecule has 0 spiro atoms. The number of halogens is 1. The fourth-order valence-corrected chi connectivity index (χ4v) is 3.18.